The molecule has 0 unspecified atom stereocenters. The van der Waals surface area contributed by atoms with Crippen molar-refractivity contribution in [2.24, 2.45) is 0 Å². The van der Waals surface area contributed by atoms with Gasteiger partial charge in [-0.2, -0.15) is 16.8 Å². The van der Waals surface area contributed by atoms with Gasteiger partial charge >= 0.3 is 0 Å². The van der Waals surface area contributed by atoms with Crippen LogP contribution in [0.4, 0.5) is 0 Å². The number of ketones is 1. The number of ether oxygens (including phenoxy) is 1. The van der Waals surface area contributed by atoms with E-state index in [1.807, 2.05) is 0 Å². The maximum atomic E-state index is 11.5. The van der Waals surface area contributed by atoms with E-state index >= 15 is 0 Å². The van der Waals surface area contributed by atoms with E-state index in [2.05, 4.69) is 0 Å². The molecular weight excluding hydrogens is 468 g/mol. The molecule has 1 heterocycles. The van der Waals surface area contributed by atoms with E-state index in [-0.39, 0.29) is 15.6 Å². The minimum absolute atomic E-state index is 0.151. The van der Waals surface area contributed by atoms with Gasteiger partial charge in [-0.3, -0.25) is 13.9 Å². The number of benzene rings is 2. The maximum Gasteiger partial charge on any atom is 0.294 e. The molecular formula is C23H16O8S2. The van der Waals surface area contributed by atoms with E-state index in [9.17, 15) is 30.7 Å². The molecule has 0 atom stereocenters. The molecule has 0 saturated carbocycles. The average Bonchev–Trinajstić information content (AvgIpc) is 2.78. The van der Waals surface area contributed by atoms with Crippen molar-refractivity contribution in [2.45, 2.75) is 9.79 Å². The Morgan fingerprint density at radius 1 is 0.576 bits per heavy atom. The molecule has 0 spiro atoms. The summed E-state index contributed by atoms with van der Waals surface area (Å²) in [5.41, 5.74) is 2.43. The third-order valence-corrected chi connectivity index (χ3v) is 6.59. The van der Waals surface area contributed by atoms with Crippen LogP contribution < -0.4 is 0 Å². The Morgan fingerprint density at radius 2 is 0.970 bits per heavy atom. The molecule has 2 aromatic rings. The van der Waals surface area contributed by atoms with Crippen LogP contribution in [-0.2, 0) is 29.8 Å². The third-order valence-electron chi connectivity index (χ3n) is 4.85. The van der Waals surface area contributed by atoms with Gasteiger partial charge in [0.1, 0.15) is 11.5 Å². The van der Waals surface area contributed by atoms with Gasteiger partial charge in [-0.25, -0.2) is 0 Å². The van der Waals surface area contributed by atoms with E-state index < -0.39 is 20.2 Å². The second kappa shape index (κ2) is 8.41. The van der Waals surface area contributed by atoms with Gasteiger partial charge in [0.25, 0.3) is 20.2 Å². The van der Waals surface area contributed by atoms with E-state index in [1.54, 1.807) is 24.3 Å². The van der Waals surface area contributed by atoms with Gasteiger partial charge in [-0.05, 0) is 84.0 Å². The molecule has 2 aromatic carbocycles. The fourth-order valence-electron chi connectivity index (χ4n) is 3.18. The molecule has 33 heavy (non-hydrogen) atoms. The highest BCUT2D eigenvalue weighted by Crippen LogP contribution is 2.34. The van der Waals surface area contributed by atoms with Crippen LogP contribution in [0.1, 0.15) is 11.1 Å². The second-order valence-corrected chi connectivity index (χ2v) is 9.94. The molecule has 10 heteroatoms. The highest BCUT2D eigenvalue weighted by Gasteiger charge is 2.19. The summed E-state index contributed by atoms with van der Waals surface area (Å²) in [7, 11) is -8.71. The lowest BCUT2D eigenvalue weighted by Crippen LogP contribution is -2.04. The first kappa shape index (κ1) is 22.6. The van der Waals surface area contributed by atoms with Crippen LogP contribution in [0.3, 0.4) is 0 Å². The predicted molar refractivity (Wildman–Crippen MR) is 120 cm³/mol. The zero-order valence-electron chi connectivity index (χ0n) is 16.7. The van der Waals surface area contributed by atoms with Crippen LogP contribution in [0.25, 0.3) is 11.5 Å². The Labute approximate surface area is 190 Å². The highest BCUT2D eigenvalue weighted by molar-refractivity contribution is 7.86. The Bertz CT molecular complexity index is 1390. The second-order valence-electron chi connectivity index (χ2n) is 7.10. The molecule has 0 aromatic heterocycles. The van der Waals surface area contributed by atoms with E-state index in [0.29, 0.717) is 28.2 Å². The largest absolute Gasteiger partial charge is 0.456 e. The molecule has 4 rings (SSSR count). The van der Waals surface area contributed by atoms with Gasteiger partial charge < -0.3 is 4.74 Å². The summed E-state index contributed by atoms with van der Waals surface area (Å²) in [5.74, 6) is 0.560. The molecule has 0 saturated heterocycles. The van der Waals surface area contributed by atoms with Crippen LogP contribution >= 0.6 is 0 Å². The van der Waals surface area contributed by atoms with Gasteiger partial charge in [0.2, 0.25) is 0 Å². The van der Waals surface area contributed by atoms with E-state index in [1.165, 1.54) is 60.7 Å². The number of carbonyl (C=O) groups excluding carboxylic acids is 1. The first-order valence-electron chi connectivity index (χ1n) is 9.42. The van der Waals surface area contributed by atoms with Crippen molar-refractivity contribution >= 4 is 37.5 Å². The quantitative estimate of drug-likeness (QED) is 0.629. The number of allylic oxidation sites excluding steroid dienone is 8. The molecule has 1 aliphatic carbocycles. The lowest BCUT2D eigenvalue weighted by atomic mass is 9.97. The van der Waals surface area contributed by atoms with Gasteiger partial charge in [-0.1, -0.05) is 12.2 Å². The Kier molecular flexibility index (Phi) is 5.76. The molecule has 1 aliphatic heterocycles. The van der Waals surface area contributed by atoms with Crippen LogP contribution in [0.2, 0.25) is 0 Å². The standard InChI is InChI=1S/C23H16O8S2/c24-19-7-1-15(2-8-19)18-13-22(16-3-9-20(10-4-16)32(25,26)27)31-23(14-18)17-5-11-21(12-6-17)33(28,29)30/h1-14H,(H,25,26,27)(H,28,29,30). The zero-order chi connectivity index (χ0) is 23.8. The van der Waals surface area contributed by atoms with Crippen molar-refractivity contribution in [3.05, 3.63) is 107 Å². The first-order valence-corrected chi connectivity index (χ1v) is 12.3. The summed E-state index contributed by atoms with van der Waals surface area (Å²) in [6.07, 6.45) is 9.54. The van der Waals surface area contributed by atoms with Crippen LogP contribution in [0, 0.1) is 0 Å². The van der Waals surface area contributed by atoms with Crippen molar-refractivity contribution in [3.63, 3.8) is 0 Å². The van der Waals surface area contributed by atoms with E-state index in [0.717, 1.165) is 5.57 Å². The summed E-state index contributed by atoms with van der Waals surface area (Å²) in [4.78, 5) is 11.0. The van der Waals surface area contributed by atoms with Gasteiger partial charge in [-0.15, -0.1) is 0 Å². The van der Waals surface area contributed by atoms with Crippen LogP contribution in [0.15, 0.2) is 106 Å². The monoisotopic (exact) mass is 484 g/mol. The summed E-state index contributed by atoms with van der Waals surface area (Å²) in [6.45, 7) is 0. The maximum absolute atomic E-state index is 11.5. The number of hydrogen-bond donors (Lipinski definition) is 2. The fourth-order valence-corrected chi connectivity index (χ4v) is 4.14. The number of hydrogen-bond acceptors (Lipinski definition) is 6. The zero-order valence-corrected chi connectivity index (χ0v) is 18.4. The van der Waals surface area contributed by atoms with Crippen molar-refractivity contribution in [1.29, 1.82) is 0 Å². The molecule has 8 nitrogen and oxygen atoms in total. The lowest BCUT2D eigenvalue weighted by Gasteiger charge is -2.20. The minimum atomic E-state index is -4.35. The topological polar surface area (TPSA) is 135 Å². The van der Waals surface area contributed by atoms with E-state index in [4.69, 9.17) is 4.74 Å². The lowest BCUT2D eigenvalue weighted by molar-refractivity contribution is -0.110. The molecule has 168 valence electrons. The summed E-state index contributed by atoms with van der Waals surface area (Å²) < 4.78 is 69.7. The molecule has 0 amide bonds. The normalized spacial score (nSPS) is 16.4. The van der Waals surface area contributed by atoms with Crippen molar-refractivity contribution in [1.82, 2.24) is 0 Å². The Hall–Kier alpha value is -3.57. The third kappa shape index (κ3) is 5.10. The Balaban J connectivity index is 1.79. The average molecular weight is 485 g/mol. The van der Waals surface area contributed by atoms with Crippen LogP contribution in [-0.4, -0.2) is 31.7 Å². The molecule has 2 aliphatic rings. The molecule has 2 N–H and O–H groups in total. The van der Waals surface area contributed by atoms with Gasteiger partial charge in [0, 0.05) is 11.1 Å². The molecule has 0 radical (unpaired) electrons. The first-order chi connectivity index (χ1) is 15.5. The SMILES string of the molecule is O=C1C=CC(=C2C=C(c3ccc(S(=O)(=O)O)cc3)OC(c3ccc(S(=O)(=O)O)cc3)=C2)C=C1. The smallest absolute Gasteiger partial charge is 0.294 e. The molecule has 0 fully saturated rings. The van der Waals surface area contributed by atoms with Crippen molar-refractivity contribution < 1.29 is 35.5 Å². The number of rotatable bonds is 4. The van der Waals surface area contributed by atoms with Gasteiger partial charge in [0.15, 0.2) is 5.78 Å². The van der Waals surface area contributed by atoms with Gasteiger partial charge in [0.05, 0.1) is 9.79 Å². The van der Waals surface area contributed by atoms with Crippen molar-refractivity contribution in [2.75, 3.05) is 0 Å². The highest BCUT2D eigenvalue weighted by atomic mass is 32.2. The summed E-state index contributed by atoms with van der Waals surface area (Å²) >= 11 is 0. The summed E-state index contributed by atoms with van der Waals surface area (Å²) in [5, 5.41) is 0. The minimum Gasteiger partial charge on any atom is -0.456 e. The molecule has 0 bridgehead atoms. The fraction of sp³-hybridized carbons (Fsp3) is 0. The van der Waals surface area contributed by atoms with Crippen LogP contribution in [0.5, 0.6) is 0 Å². The number of carbonyl (C=O) groups is 1. The summed E-state index contributed by atoms with van der Waals surface area (Å²) in [6, 6.07) is 10.8. The predicted octanol–water partition coefficient (Wildman–Crippen LogP) is 3.58. The Morgan fingerprint density at radius 3 is 1.33 bits per heavy atom. The van der Waals surface area contributed by atoms with Crippen molar-refractivity contribution in [3.8, 4) is 0 Å².